The second kappa shape index (κ2) is 5.27. The van der Waals surface area contributed by atoms with Gasteiger partial charge in [-0.2, -0.15) is 0 Å². The van der Waals surface area contributed by atoms with Crippen LogP contribution in [0.5, 0.6) is 0 Å². The van der Waals surface area contributed by atoms with Crippen LogP contribution in [-0.2, 0) is 10.0 Å². The van der Waals surface area contributed by atoms with Crippen molar-refractivity contribution in [2.75, 3.05) is 17.1 Å². The van der Waals surface area contributed by atoms with Gasteiger partial charge in [-0.1, -0.05) is 18.2 Å². The number of pyridine rings is 1. The van der Waals surface area contributed by atoms with E-state index in [4.69, 9.17) is 0 Å². The Kier molecular flexibility index (Phi) is 3.71. The summed E-state index contributed by atoms with van der Waals surface area (Å²) in [6.45, 7) is 1.81. The third kappa shape index (κ3) is 3.03. The number of aromatic nitrogens is 1. The maximum absolute atomic E-state index is 12.2. The van der Waals surface area contributed by atoms with Gasteiger partial charge in [-0.25, -0.2) is 13.4 Å². The van der Waals surface area contributed by atoms with Gasteiger partial charge in [0.2, 0.25) is 0 Å². The highest BCUT2D eigenvalue weighted by atomic mass is 32.2. The molecule has 5 nitrogen and oxygen atoms in total. The summed E-state index contributed by atoms with van der Waals surface area (Å²) < 4.78 is 26.9. The summed E-state index contributed by atoms with van der Waals surface area (Å²) in [5, 5.41) is 2.90. The van der Waals surface area contributed by atoms with E-state index in [1.807, 2.05) is 6.07 Å². The van der Waals surface area contributed by atoms with Gasteiger partial charge in [0.1, 0.15) is 10.7 Å². The van der Waals surface area contributed by atoms with Crippen LogP contribution < -0.4 is 10.0 Å². The normalized spacial score (nSPS) is 11.1. The third-order valence-electron chi connectivity index (χ3n) is 2.63. The zero-order valence-electron chi connectivity index (χ0n) is 10.7. The molecule has 2 aromatic rings. The van der Waals surface area contributed by atoms with Gasteiger partial charge in [0, 0.05) is 18.9 Å². The molecular weight excluding hydrogens is 262 g/mol. The molecule has 0 atom stereocenters. The summed E-state index contributed by atoms with van der Waals surface area (Å²) in [6, 6.07) is 10.3. The lowest BCUT2D eigenvalue weighted by Gasteiger charge is -2.10. The number of hydrogen-bond donors (Lipinski definition) is 2. The molecule has 0 aliphatic carbocycles. The summed E-state index contributed by atoms with van der Waals surface area (Å²) >= 11 is 0. The van der Waals surface area contributed by atoms with Crippen molar-refractivity contribution < 1.29 is 8.42 Å². The number of anilines is 2. The molecule has 1 heterocycles. The predicted octanol–water partition coefficient (Wildman–Crippen LogP) is 2.23. The van der Waals surface area contributed by atoms with Crippen LogP contribution >= 0.6 is 0 Å². The van der Waals surface area contributed by atoms with Crippen LogP contribution in [0.2, 0.25) is 0 Å². The molecule has 0 radical (unpaired) electrons. The van der Waals surface area contributed by atoms with E-state index in [0.717, 1.165) is 5.56 Å². The van der Waals surface area contributed by atoms with E-state index >= 15 is 0 Å². The van der Waals surface area contributed by atoms with Gasteiger partial charge < -0.3 is 5.32 Å². The number of nitrogens with zero attached hydrogens (tertiary/aromatic N) is 1. The molecule has 0 aliphatic rings. The number of rotatable bonds is 4. The van der Waals surface area contributed by atoms with Crippen LogP contribution in [0.1, 0.15) is 5.56 Å². The number of benzene rings is 1. The van der Waals surface area contributed by atoms with Crippen LogP contribution in [0.4, 0.5) is 11.5 Å². The zero-order chi connectivity index (χ0) is 13.9. The van der Waals surface area contributed by atoms with Gasteiger partial charge in [-0.15, -0.1) is 0 Å². The average molecular weight is 277 g/mol. The largest absolute Gasteiger partial charge is 0.373 e. The van der Waals surface area contributed by atoms with Gasteiger partial charge in [0.25, 0.3) is 10.0 Å². The van der Waals surface area contributed by atoms with Crippen molar-refractivity contribution in [3.63, 3.8) is 0 Å². The summed E-state index contributed by atoms with van der Waals surface area (Å²) in [5.41, 5.74) is 1.30. The Labute approximate surface area is 112 Å². The van der Waals surface area contributed by atoms with E-state index in [-0.39, 0.29) is 4.90 Å². The molecular formula is C13H15N3O2S. The lowest BCUT2D eigenvalue weighted by atomic mass is 10.3. The maximum atomic E-state index is 12.2. The lowest BCUT2D eigenvalue weighted by molar-refractivity contribution is 0.600. The smallest absolute Gasteiger partial charge is 0.263 e. The quantitative estimate of drug-likeness (QED) is 0.899. The molecule has 100 valence electrons. The first-order valence-electron chi connectivity index (χ1n) is 5.75. The van der Waals surface area contributed by atoms with Crippen molar-refractivity contribution in [1.29, 1.82) is 0 Å². The van der Waals surface area contributed by atoms with Crippen LogP contribution in [0.25, 0.3) is 0 Å². The number of sulfonamides is 1. The summed E-state index contributed by atoms with van der Waals surface area (Å²) in [4.78, 5) is 4.22. The third-order valence-corrected chi connectivity index (χ3v) is 3.97. The Balaban J connectivity index is 2.32. The fraction of sp³-hybridized carbons (Fsp3) is 0.154. The van der Waals surface area contributed by atoms with Crippen molar-refractivity contribution >= 4 is 21.5 Å². The van der Waals surface area contributed by atoms with Gasteiger partial charge in [-0.05, 0) is 30.7 Å². The van der Waals surface area contributed by atoms with E-state index in [1.165, 1.54) is 6.20 Å². The highest BCUT2D eigenvalue weighted by Gasteiger charge is 2.15. The monoisotopic (exact) mass is 277 g/mol. The minimum Gasteiger partial charge on any atom is -0.373 e. The first-order chi connectivity index (χ1) is 9.03. The van der Waals surface area contributed by atoms with E-state index < -0.39 is 10.0 Å². The van der Waals surface area contributed by atoms with Crippen LogP contribution in [-0.4, -0.2) is 20.4 Å². The molecule has 1 aromatic carbocycles. The molecule has 0 bridgehead atoms. The van der Waals surface area contributed by atoms with Gasteiger partial charge >= 0.3 is 0 Å². The molecule has 0 saturated heterocycles. The second-order valence-electron chi connectivity index (χ2n) is 4.06. The van der Waals surface area contributed by atoms with Crippen molar-refractivity contribution in [1.82, 2.24) is 4.98 Å². The van der Waals surface area contributed by atoms with Crippen LogP contribution in [0.15, 0.2) is 47.5 Å². The summed E-state index contributed by atoms with van der Waals surface area (Å²) in [6.07, 6.45) is 1.34. The zero-order valence-corrected chi connectivity index (χ0v) is 11.5. The highest BCUT2D eigenvalue weighted by molar-refractivity contribution is 7.92. The minimum absolute atomic E-state index is 0.146. The molecule has 2 N–H and O–H groups in total. The Bertz CT molecular complexity index is 670. The molecule has 0 fully saturated rings. The number of nitrogens with one attached hydrogen (secondary N) is 2. The Morgan fingerprint density at radius 1 is 1.16 bits per heavy atom. The van der Waals surface area contributed by atoms with Gasteiger partial charge in [0.05, 0.1) is 0 Å². The van der Waals surface area contributed by atoms with Crippen molar-refractivity contribution in [3.8, 4) is 0 Å². The van der Waals surface area contributed by atoms with Gasteiger partial charge in [0.15, 0.2) is 0 Å². The first-order valence-corrected chi connectivity index (χ1v) is 7.23. The standard InChI is InChI=1S/C13H15N3O2S/c1-10-8-12(9-15-13(10)14-2)19(17,18)16-11-6-4-3-5-7-11/h3-9,16H,1-2H3,(H,14,15). The molecule has 0 amide bonds. The van der Waals surface area contributed by atoms with Crippen molar-refractivity contribution in [2.24, 2.45) is 0 Å². The molecule has 0 spiro atoms. The van der Waals surface area contributed by atoms with Crippen LogP contribution in [0.3, 0.4) is 0 Å². The second-order valence-corrected chi connectivity index (χ2v) is 5.74. The topological polar surface area (TPSA) is 71.1 Å². The molecule has 1 aromatic heterocycles. The Morgan fingerprint density at radius 3 is 2.42 bits per heavy atom. The molecule has 0 unspecified atom stereocenters. The van der Waals surface area contributed by atoms with E-state index in [1.54, 1.807) is 44.3 Å². The number of hydrogen-bond acceptors (Lipinski definition) is 4. The van der Waals surface area contributed by atoms with Crippen molar-refractivity contribution in [3.05, 3.63) is 48.2 Å². The van der Waals surface area contributed by atoms with E-state index in [9.17, 15) is 8.42 Å². The lowest BCUT2D eigenvalue weighted by Crippen LogP contribution is -2.13. The molecule has 2 rings (SSSR count). The molecule has 19 heavy (non-hydrogen) atoms. The van der Waals surface area contributed by atoms with E-state index in [2.05, 4.69) is 15.0 Å². The minimum atomic E-state index is -3.60. The summed E-state index contributed by atoms with van der Waals surface area (Å²) in [5.74, 6) is 0.665. The molecule has 0 aliphatic heterocycles. The number of aryl methyl sites for hydroxylation is 1. The average Bonchev–Trinajstić information content (AvgIpc) is 2.39. The predicted molar refractivity (Wildman–Crippen MR) is 75.8 cm³/mol. The summed E-state index contributed by atoms with van der Waals surface area (Å²) in [7, 11) is -1.86. The Hall–Kier alpha value is -2.08. The number of para-hydroxylation sites is 1. The molecule has 0 saturated carbocycles. The van der Waals surface area contributed by atoms with Crippen molar-refractivity contribution in [2.45, 2.75) is 11.8 Å². The van der Waals surface area contributed by atoms with E-state index in [0.29, 0.717) is 11.5 Å². The SMILES string of the molecule is CNc1ncc(S(=O)(=O)Nc2ccccc2)cc1C. The maximum Gasteiger partial charge on any atom is 0.263 e. The fourth-order valence-electron chi connectivity index (χ4n) is 1.68. The fourth-order valence-corrected chi connectivity index (χ4v) is 2.77. The Morgan fingerprint density at radius 2 is 1.84 bits per heavy atom. The van der Waals surface area contributed by atoms with Crippen LogP contribution in [0, 0.1) is 6.92 Å². The van der Waals surface area contributed by atoms with Gasteiger partial charge in [-0.3, -0.25) is 4.72 Å². The first kappa shape index (κ1) is 13.4. The highest BCUT2D eigenvalue weighted by Crippen LogP contribution is 2.19. The molecule has 6 heteroatoms.